The molecule has 1 fully saturated rings. The molecule has 1 aliphatic rings. The minimum Gasteiger partial charge on any atom is -0.473 e. The molecular formula is C17H20FN3O3S. The number of piperidine rings is 1. The Morgan fingerprint density at radius 3 is 2.40 bits per heavy atom. The lowest BCUT2D eigenvalue weighted by Gasteiger charge is -2.31. The maximum absolute atomic E-state index is 12.9. The molecule has 1 aliphatic heterocycles. The molecule has 2 aromatic rings. The van der Waals surface area contributed by atoms with Crippen molar-refractivity contribution < 1.29 is 17.5 Å². The molecule has 1 saturated heterocycles. The molecule has 2 heterocycles. The zero-order valence-electron chi connectivity index (χ0n) is 13.9. The molecule has 1 aromatic heterocycles. The Morgan fingerprint density at radius 1 is 1.12 bits per heavy atom. The van der Waals surface area contributed by atoms with E-state index >= 15 is 0 Å². The molecular weight excluding hydrogens is 345 g/mol. The van der Waals surface area contributed by atoms with Gasteiger partial charge in [0, 0.05) is 19.2 Å². The summed E-state index contributed by atoms with van der Waals surface area (Å²) in [6.07, 6.45) is 1.12. The van der Waals surface area contributed by atoms with Crippen LogP contribution in [-0.2, 0) is 15.8 Å². The van der Waals surface area contributed by atoms with Crippen molar-refractivity contribution >= 4 is 10.0 Å². The van der Waals surface area contributed by atoms with Crippen molar-refractivity contribution in [1.82, 2.24) is 14.5 Å². The van der Waals surface area contributed by atoms with Gasteiger partial charge in [-0.15, -0.1) is 5.10 Å². The van der Waals surface area contributed by atoms with Crippen molar-refractivity contribution in [2.75, 3.05) is 13.1 Å². The van der Waals surface area contributed by atoms with E-state index in [2.05, 4.69) is 10.2 Å². The SMILES string of the molecule is Cc1ccc(OC2CCN(S(=O)(=O)Cc3ccc(F)cc3)CC2)nn1. The number of nitrogens with zero attached hydrogens (tertiary/aromatic N) is 3. The Kier molecular flexibility index (Phi) is 5.29. The topological polar surface area (TPSA) is 72.4 Å². The summed E-state index contributed by atoms with van der Waals surface area (Å²) in [7, 11) is -3.42. The normalized spacial score (nSPS) is 16.7. The molecule has 0 amide bonds. The van der Waals surface area contributed by atoms with Gasteiger partial charge < -0.3 is 4.74 Å². The number of aryl methyl sites for hydroxylation is 1. The van der Waals surface area contributed by atoms with Crippen molar-refractivity contribution in [1.29, 1.82) is 0 Å². The lowest BCUT2D eigenvalue weighted by Crippen LogP contribution is -2.42. The van der Waals surface area contributed by atoms with Crippen LogP contribution in [0, 0.1) is 12.7 Å². The fraction of sp³-hybridized carbons (Fsp3) is 0.412. The van der Waals surface area contributed by atoms with Gasteiger partial charge in [0.1, 0.15) is 11.9 Å². The smallest absolute Gasteiger partial charge is 0.233 e. The fourth-order valence-corrected chi connectivity index (χ4v) is 4.29. The maximum Gasteiger partial charge on any atom is 0.233 e. The van der Waals surface area contributed by atoms with E-state index in [1.165, 1.54) is 28.6 Å². The van der Waals surface area contributed by atoms with Crippen LogP contribution in [0.4, 0.5) is 4.39 Å². The molecule has 3 rings (SSSR count). The lowest BCUT2D eigenvalue weighted by molar-refractivity contribution is 0.128. The van der Waals surface area contributed by atoms with Crippen LogP contribution in [0.5, 0.6) is 5.88 Å². The first-order valence-electron chi connectivity index (χ1n) is 8.12. The average Bonchev–Trinajstić information content (AvgIpc) is 2.59. The van der Waals surface area contributed by atoms with Gasteiger partial charge in [0.2, 0.25) is 15.9 Å². The molecule has 134 valence electrons. The fourth-order valence-electron chi connectivity index (χ4n) is 2.73. The summed E-state index contributed by atoms with van der Waals surface area (Å²) in [6.45, 7) is 2.64. The number of benzene rings is 1. The number of halogens is 1. The zero-order chi connectivity index (χ0) is 17.9. The van der Waals surface area contributed by atoms with Gasteiger partial charge in [-0.3, -0.25) is 0 Å². The quantitative estimate of drug-likeness (QED) is 0.813. The van der Waals surface area contributed by atoms with Crippen LogP contribution < -0.4 is 4.74 Å². The Hall–Kier alpha value is -2.06. The van der Waals surface area contributed by atoms with Crippen molar-refractivity contribution in [3.05, 3.63) is 53.5 Å². The highest BCUT2D eigenvalue weighted by Crippen LogP contribution is 2.21. The number of ether oxygens (including phenoxy) is 1. The van der Waals surface area contributed by atoms with Crippen molar-refractivity contribution in [3.8, 4) is 5.88 Å². The van der Waals surface area contributed by atoms with E-state index in [4.69, 9.17) is 4.74 Å². The molecule has 0 saturated carbocycles. The number of hydrogen-bond acceptors (Lipinski definition) is 5. The summed E-state index contributed by atoms with van der Waals surface area (Å²) in [6, 6.07) is 9.13. The molecule has 0 radical (unpaired) electrons. The molecule has 25 heavy (non-hydrogen) atoms. The second-order valence-corrected chi connectivity index (χ2v) is 8.08. The third-order valence-electron chi connectivity index (χ3n) is 4.12. The van der Waals surface area contributed by atoms with E-state index in [9.17, 15) is 12.8 Å². The van der Waals surface area contributed by atoms with Crippen molar-refractivity contribution in [2.45, 2.75) is 31.6 Å². The molecule has 8 heteroatoms. The molecule has 1 aromatic carbocycles. The van der Waals surface area contributed by atoms with E-state index in [0.717, 1.165) is 5.69 Å². The third kappa shape index (κ3) is 4.73. The van der Waals surface area contributed by atoms with Crippen LogP contribution >= 0.6 is 0 Å². The number of aromatic nitrogens is 2. The van der Waals surface area contributed by atoms with Gasteiger partial charge in [0.25, 0.3) is 0 Å². The van der Waals surface area contributed by atoms with Crippen LogP contribution in [-0.4, -0.2) is 42.1 Å². The monoisotopic (exact) mass is 365 g/mol. The van der Waals surface area contributed by atoms with E-state index < -0.39 is 10.0 Å². The van der Waals surface area contributed by atoms with E-state index in [-0.39, 0.29) is 17.7 Å². The molecule has 6 nitrogen and oxygen atoms in total. The highest BCUT2D eigenvalue weighted by molar-refractivity contribution is 7.88. The molecule has 0 aliphatic carbocycles. The summed E-state index contributed by atoms with van der Waals surface area (Å²) in [4.78, 5) is 0. The maximum atomic E-state index is 12.9. The summed E-state index contributed by atoms with van der Waals surface area (Å²) in [5.41, 5.74) is 1.39. The molecule has 0 unspecified atom stereocenters. The van der Waals surface area contributed by atoms with Crippen LogP contribution in [0.25, 0.3) is 0 Å². The Morgan fingerprint density at radius 2 is 1.80 bits per heavy atom. The molecule has 0 atom stereocenters. The standard InChI is InChI=1S/C17H20FN3O3S/c1-13-2-7-17(20-19-13)24-16-8-10-21(11-9-16)25(22,23)12-14-3-5-15(18)6-4-14/h2-7,16H,8-12H2,1H3. The van der Waals surface area contributed by atoms with Gasteiger partial charge in [-0.25, -0.2) is 17.1 Å². The largest absolute Gasteiger partial charge is 0.473 e. The molecule has 0 N–H and O–H groups in total. The highest BCUT2D eigenvalue weighted by atomic mass is 32.2. The predicted octanol–water partition coefficient (Wildman–Crippen LogP) is 2.30. The van der Waals surface area contributed by atoms with Crippen molar-refractivity contribution in [2.24, 2.45) is 0 Å². The van der Waals surface area contributed by atoms with Crippen LogP contribution in [0.1, 0.15) is 24.1 Å². The van der Waals surface area contributed by atoms with Gasteiger partial charge in [0.15, 0.2) is 0 Å². The van der Waals surface area contributed by atoms with Crippen LogP contribution in [0.2, 0.25) is 0 Å². The van der Waals surface area contributed by atoms with E-state index in [1.54, 1.807) is 6.07 Å². The van der Waals surface area contributed by atoms with Gasteiger partial charge >= 0.3 is 0 Å². The minimum atomic E-state index is -3.42. The highest BCUT2D eigenvalue weighted by Gasteiger charge is 2.29. The third-order valence-corrected chi connectivity index (χ3v) is 5.97. The Balaban J connectivity index is 1.55. The first-order valence-corrected chi connectivity index (χ1v) is 9.72. The first-order chi connectivity index (χ1) is 11.9. The van der Waals surface area contributed by atoms with Gasteiger partial charge in [-0.1, -0.05) is 12.1 Å². The van der Waals surface area contributed by atoms with Crippen molar-refractivity contribution in [3.63, 3.8) is 0 Å². The van der Waals surface area contributed by atoms with E-state index in [0.29, 0.717) is 37.4 Å². The van der Waals surface area contributed by atoms with Gasteiger partial charge in [0.05, 0.1) is 11.4 Å². The van der Waals surface area contributed by atoms with Crippen LogP contribution in [0.3, 0.4) is 0 Å². The van der Waals surface area contributed by atoms with Crippen LogP contribution in [0.15, 0.2) is 36.4 Å². The number of rotatable bonds is 5. The molecule has 0 spiro atoms. The van der Waals surface area contributed by atoms with E-state index in [1.807, 2.05) is 13.0 Å². The summed E-state index contributed by atoms with van der Waals surface area (Å²) in [5, 5.41) is 7.91. The number of hydrogen-bond donors (Lipinski definition) is 0. The summed E-state index contributed by atoms with van der Waals surface area (Å²) in [5.74, 6) is -0.0427. The first kappa shape index (κ1) is 17.8. The predicted molar refractivity (Wildman–Crippen MR) is 91.0 cm³/mol. The molecule has 0 bridgehead atoms. The second kappa shape index (κ2) is 7.45. The Labute approximate surface area is 146 Å². The number of sulfonamides is 1. The van der Waals surface area contributed by atoms with Gasteiger partial charge in [-0.2, -0.15) is 5.10 Å². The summed E-state index contributed by atoms with van der Waals surface area (Å²) < 4.78 is 45.2. The summed E-state index contributed by atoms with van der Waals surface area (Å²) >= 11 is 0. The van der Waals surface area contributed by atoms with Gasteiger partial charge in [-0.05, 0) is 43.5 Å². The minimum absolute atomic E-state index is 0.0747. The Bertz CT molecular complexity index is 802. The average molecular weight is 365 g/mol. The second-order valence-electron chi connectivity index (χ2n) is 6.11. The lowest BCUT2D eigenvalue weighted by atomic mass is 10.1. The zero-order valence-corrected chi connectivity index (χ0v) is 14.7.